The van der Waals surface area contributed by atoms with Crippen molar-refractivity contribution in [1.29, 1.82) is 0 Å². The summed E-state index contributed by atoms with van der Waals surface area (Å²) in [6.07, 6.45) is 2.04. The van der Waals surface area contributed by atoms with E-state index in [1.54, 1.807) is 20.8 Å². The van der Waals surface area contributed by atoms with E-state index in [9.17, 15) is 14.4 Å². The van der Waals surface area contributed by atoms with E-state index in [0.29, 0.717) is 16.7 Å². The molecule has 3 aromatic rings. The molecule has 0 unspecified atom stereocenters. The van der Waals surface area contributed by atoms with E-state index in [1.165, 1.54) is 0 Å². The van der Waals surface area contributed by atoms with Crippen molar-refractivity contribution in [2.45, 2.75) is 20.8 Å². The second-order valence-electron chi connectivity index (χ2n) is 7.00. The molecule has 3 aromatic carbocycles. The maximum Gasteiger partial charge on any atom is 0.159 e. The largest absolute Gasteiger partial charge is 0.295 e. The Morgan fingerprint density at radius 1 is 0.483 bits per heavy atom. The van der Waals surface area contributed by atoms with Crippen molar-refractivity contribution in [2.24, 2.45) is 0 Å². The molecule has 3 heteroatoms. The highest BCUT2D eigenvalue weighted by molar-refractivity contribution is 5.98. The highest BCUT2D eigenvalue weighted by Crippen LogP contribution is 2.27. The second kappa shape index (κ2) is 8.61. The lowest BCUT2D eigenvalue weighted by Gasteiger charge is -2.11. The van der Waals surface area contributed by atoms with Crippen molar-refractivity contribution >= 4 is 29.0 Å². The molecule has 0 radical (unpaired) electrons. The molecule has 144 valence electrons. The average Bonchev–Trinajstić information content (AvgIpc) is 2.72. The zero-order valence-corrected chi connectivity index (χ0v) is 16.7. The van der Waals surface area contributed by atoms with Crippen LogP contribution in [0.3, 0.4) is 0 Å². The van der Waals surface area contributed by atoms with Crippen LogP contribution >= 0.6 is 0 Å². The Bertz CT molecular complexity index is 1020. The summed E-state index contributed by atoms with van der Waals surface area (Å²) in [5.41, 5.74) is 5.82. The number of ketones is 3. The van der Waals surface area contributed by atoms with Gasteiger partial charge in [-0.2, -0.15) is 0 Å². The molecule has 29 heavy (non-hydrogen) atoms. The van der Waals surface area contributed by atoms with Crippen LogP contribution in [0.15, 0.2) is 72.8 Å². The van der Waals surface area contributed by atoms with E-state index in [-0.39, 0.29) is 17.3 Å². The number of rotatable bonds is 6. The maximum atomic E-state index is 11.6. The fourth-order valence-electron chi connectivity index (χ4n) is 3.08. The van der Waals surface area contributed by atoms with Crippen LogP contribution in [0, 0.1) is 0 Å². The van der Waals surface area contributed by atoms with Gasteiger partial charge in [0.15, 0.2) is 17.3 Å². The van der Waals surface area contributed by atoms with Gasteiger partial charge in [-0.3, -0.25) is 14.4 Å². The highest BCUT2D eigenvalue weighted by atomic mass is 16.1. The third-order valence-corrected chi connectivity index (χ3v) is 4.83. The van der Waals surface area contributed by atoms with Crippen LogP contribution in [0.1, 0.15) is 68.5 Å². The third kappa shape index (κ3) is 4.82. The van der Waals surface area contributed by atoms with Gasteiger partial charge in [0.05, 0.1) is 0 Å². The molecule has 0 aliphatic carbocycles. The van der Waals surface area contributed by atoms with Gasteiger partial charge in [0.25, 0.3) is 0 Å². The molecule has 0 spiro atoms. The number of carbonyl (C=O) groups excluding carboxylic acids is 3. The molecule has 0 bridgehead atoms. The quantitative estimate of drug-likeness (QED) is 0.395. The van der Waals surface area contributed by atoms with Crippen LogP contribution in [0.4, 0.5) is 0 Å². The van der Waals surface area contributed by atoms with Crippen molar-refractivity contribution in [2.75, 3.05) is 0 Å². The Kier molecular flexibility index (Phi) is 5.99. The lowest BCUT2D eigenvalue weighted by atomic mass is 9.93. The molecule has 0 N–H and O–H groups in total. The van der Waals surface area contributed by atoms with Gasteiger partial charge in [-0.15, -0.1) is 0 Å². The Hall–Kier alpha value is -3.59. The summed E-state index contributed by atoms with van der Waals surface area (Å²) in [5, 5.41) is 0. The summed E-state index contributed by atoms with van der Waals surface area (Å²) in [4.78, 5) is 34.7. The van der Waals surface area contributed by atoms with E-state index in [0.717, 1.165) is 22.3 Å². The van der Waals surface area contributed by atoms with Crippen LogP contribution < -0.4 is 0 Å². The van der Waals surface area contributed by atoms with Gasteiger partial charge in [-0.25, -0.2) is 0 Å². The first-order valence-corrected chi connectivity index (χ1v) is 9.40. The minimum Gasteiger partial charge on any atom is -0.295 e. The van der Waals surface area contributed by atoms with Crippen LogP contribution in [0.2, 0.25) is 0 Å². The Morgan fingerprint density at radius 2 is 0.759 bits per heavy atom. The SMILES string of the molecule is CC(=O)c1ccc(C=C(c2ccc(C(C)=O)cc2)c2ccc(C(C)=O)cc2)cc1. The summed E-state index contributed by atoms with van der Waals surface area (Å²) >= 11 is 0. The topological polar surface area (TPSA) is 51.2 Å². The van der Waals surface area contributed by atoms with Crippen LogP contribution in [0.5, 0.6) is 0 Å². The van der Waals surface area contributed by atoms with Crippen molar-refractivity contribution in [3.05, 3.63) is 106 Å². The number of Topliss-reactive ketones (excluding diaryl/α,β-unsaturated/α-hetero) is 3. The van der Waals surface area contributed by atoms with Crippen molar-refractivity contribution in [3.8, 4) is 0 Å². The highest BCUT2D eigenvalue weighted by Gasteiger charge is 2.09. The first-order chi connectivity index (χ1) is 13.8. The molecule has 0 saturated heterocycles. The molecule has 0 aliphatic heterocycles. The predicted molar refractivity (Wildman–Crippen MR) is 116 cm³/mol. The van der Waals surface area contributed by atoms with Gasteiger partial charge in [0.2, 0.25) is 0 Å². The van der Waals surface area contributed by atoms with Crippen molar-refractivity contribution in [1.82, 2.24) is 0 Å². The minimum atomic E-state index is 0.0210. The van der Waals surface area contributed by atoms with E-state index in [1.807, 2.05) is 78.9 Å². The molecule has 0 atom stereocenters. The van der Waals surface area contributed by atoms with E-state index < -0.39 is 0 Å². The summed E-state index contributed by atoms with van der Waals surface area (Å²) < 4.78 is 0. The lowest BCUT2D eigenvalue weighted by Crippen LogP contribution is -1.96. The second-order valence-corrected chi connectivity index (χ2v) is 7.00. The summed E-state index contributed by atoms with van der Waals surface area (Å²) in [6, 6.07) is 22.4. The zero-order chi connectivity index (χ0) is 21.0. The fraction of sp³-hybridized carbons (Fsp3) is 0.115. The molecular formula is C26H22O3. The fourth-order valence-corrected chi connectivity index (χ4v) is 3.08. The number of benzene rings is 3. The summed E-state index contributed by atoms with van der Waals surface area (Å²) in [5.74, 6) is 0.0702. The van der Waals surface area contributed by atoms with Crippen molar-refractivity contribution < 1.29 is 14.4 Å². The molecular weight excluding hydrogens is 360 g/mol. The molecule has 0 amide bonds. The third-order valence-electron chi connectivity index (χ3n) is 4.83. The van der Waals surface area contributed by atoms with Crippen LogP contribution in [-0.4, -0.2) is 17.3 Å². The molecule has 3 nitrogen and oxygen atoms in total. The molecule has 0 aromatic heterocycles. The van der Waals surface area contributed by atoms with E-state index >= 15 is 0 Å². The molecule has 0 fully saturated rings. The van der Waals surface area contributed by atoms with Gasteiger partial charge in [0.1, 0.15) is 0 Å². The average molecular weight is 382 g/mol. The number of hydrogen-bond donors (Lipinski definition) is 0. The molecule has 3 rings (SSSR count). The van der Waals surface area contributed by atoms with Gasteiger partial charge in [-0.05, 0) is 49.1 Å². The number of hydrogen-bond acceptors (Lipinski definition) is 3. The Balaban J connectivity index is 2.08. The predicted octanol–water partition coefficient (Wildman–Crippen LogP) is 5.88. The van der Waals surface area contributed by atoms with Crippen LogP contribution in [-0.2, 0) is 0 Å². The molecule has 0 aliphatic rings. The maximum absolute atomic E-state index is 11.6. The van der Waals surface area contributed by atoms with E-state index in [2.05, 4.69) is 0 Å². The smallest absolute Gasteiger partial charge is 0.159 e. The summed E-state index contributed by atoms with van der Waals surface area (Å²) in [7, 11) is 0. The van der Waals surface area contributed by atoms with Gasteiger partial charge in [0, 0.05) is 16.7 Å². The Labute approximate surface area is 170 Å². The first kappa shape index (κ1) is 20.2. The Morgan fingerprint density at radius 3 is 1.07 bits per heavy atom. The molecule has 0 saturated carbocycles. The van der Waals surface area contributed by atoms with Gasteiger partial charge < -0.3 is 0 Å². The summed E-state index contributed by atoms with van der Waals surface area (Å²) in [6.45, 7) is 4.63. The normalized spacial score (nSPS) is 10.3. The van der Waals surface area contributed by atoms with E-state index in [4.69, 9.17) is 0 Å². The zero-order valence-electron chi connectivity index (χ0n) is 16.7. The molecule has 0 heterocycles. The lowest BCUT2D eigenvalue weighted by molar-refractivity contribution is 0.100. The monoisotopic (exact) mass is 382 g/mol. The van der Waals surface area contributed by atoms with Crippen LogP contribution in [0.25, 0.3) is 11.6 Å². The van der Waals surface area contributed by atoms with Gasteiger partial charge in [-0.1, -0.05) is 72.8 Å². The number of carbonyl (C=O) groups is 3. The first-order valence-electron chi connectivity index (χ1n) is 9.40. The van der Waals surface area contributed by atoms with Crippen molar-refractivity contribution in [3.63, 3.8) is 0 Å². The van der Waals surface area contributed by atoms with Gasteiger partial charge >= 0.3 is 0 Å². The minimum absolute atomic E-state index is 0.0210. The standard InChI is InChI=1S/C26H22O3/c1-17(27)21-6-4-20(5-7-21)16-26(24-12-8-22(9-13-24)18(2)28)25-14-10-23(11-15-25)19(3)29/h4-16H,1-3H3.